The third-order valence-corrected chi connectivity index (χ3v) is 2.43. The maximum absolute atomic E-state index is 9.62. The van der Waals surface area contributed by atoms with E-state index in [9.17, 15) is 10.2 Å². The quantitative estimate of drug-likeness (QED) is 0.674. The third kappa shape index (κ3) is 1.93. The number of aromatic hydroxyl groups is 2. The van der Waals surface area contributed by atoms with Crippen molar-refractivity contribution in [3.63, 3.8) is 0 Å². The number of aryl methyl sites for hydroxylation is 1. The lowest BCUT2D eigenvalue weighted by molar-refractivity contribution is 0.455. The summed E-state index contributed by atoms with van der Waals surface area (Å²) in [6.45, 7) is 1.96. The zero-order chi connectivity index (χ0) is 11.5. The maximum atomic E-state index is 9.62. The Morgan fingerprint density at radius 1 is 0.875 bits per heavy atom. The third-order valence-electron chi connectivity index (χ3n) is 2.43. The molecule has 0 radical (unpaired) electrons. The van der Waals surface area contributed by atoms with Crippen LogP contribution in [0.5, 0.6) is 11.5 Å². The molecule has 0 bridgehead atoms. The average Bonchev–Trinajstić information content (AvgIpc) is 2.26. The van der Waals surface area contributed by atoms with Gasteiger partial charge in [-0.2, -0.15) is 0 Å². The molecule has 0 spiro atoms. The summed E-state index contributed by atoms with van der Waals surface area (Å²) in [5.74, 6) is 0.0616. The summed E-state index contributed by atoms with van der Waals surface area (Å²) >= 11 is 0. The van der Waals surface area contributed by atoms with E-state index < -0.39 is 0 Å². The summed E-state index contributed by atoms with van der Waals surface area (Å²) in [4.78, 5) is 0. The number of phenolic OH excluding ortho intramolecular Hbond substituents is 2. The summed E-state index contributed by atoms with van der Waals surface area (Å²) in [5.41, 5.74) is 2.24. The van der Waals surface area contributed by atoms with Crippen molar-refractivity contribution < 1.29 is 10.2 Å². The molecule has 0 amide bonds. The fourth-order valence-electron chi connectivity index (χ4n) is 1.50. The molecule has 3 heteroatoms. The van der Waals surface area contributed by atoms with Crippen LogP contribution in [0.2, 0.25) is 0 Å². The first kappa shape index (κ1) is 10.4. The molecule has 0 aliphatic carbocycles. The topological polar surface area (TPSA) is 52.5 Å². The molecule has 0 aliphatic heterocycles. The highest BCUT2D eigenvalue weighted by Crippen LogP contribution is 2.35. The van der Waals surface area contributed by atoms with Gasteiger partial charge >= 0.3 is 0 Å². The van der Waals surface area contributed by atoms with Crippen LogP contribution in [-0.4, -0.2) is 10.2 Å². The monoisotopic (exact) mass is 215 g/mol. The molecule has 0 fully saturated rings. The van der Waals surface area contributed by atoms with Crippen molar-refractivity contribution in [2.45, 2.75) is 6.92 Å². The predicted molar refractivity (Wildman–Crippen MR) is 64.2 cm³/mol. The molecule has 0 saturated heterocycles. The second-order valence-corrected chi connectivity index (χ2v) is 3.61. The van der Waals surface area contributed by atoms with Gasteiger partial charge in [0.05, 0.1) is 0 Å². The fourth-order valence-corrected chi connectivity index (χ4v) is 1.50. The van der Waals surface area contributed by atoms with E-state index in [-0.39, 0.29) is 11.5 Å². The Hall–Kier alpha value is -2.16. The molecule has 16 heavy (non-hydrogen) atoms. The van der Waals surface area contributed by atoms with E-state index in [1.807, 2.05) is 31.2 Å². The highest BCUT2D eigenvalue weighted by Gasteiger charge is 2.07. The second-order valence-electron chi connectivity index (χ2n) is 3.61. The second kappa shape index (κ2) is 4.14. The highest BCUT2D eigenvalue weighted by molar-refractivity contribution is 5.73. The normalized spacial score (nSPS) is 10.1. The van der Waals surface area contributed by atoms with Crippen LogP contribution < -0.4 is 5.32 Å². The van der Waals surface area contributed by atoms with Crippen molar-refractivity contribution in [1.82, 2.24) is 0 Å². The van der Waals surface area contributed by atoms with Gasteiger partial charge < -0.3 is 15.5 Å². The van der Waals surface area contributed by atoms with E-state index in [0.717, 1.165) is 11.3 Å². The van der Waals surface area contributed by atoms with Crippen molar-refractivity contribution in [3.8, 4) is 11.5 Å². The Labute approximate surface area is 94.0 Å². The molecule has 3 nitrogen and oxygen atoms in total. The zero-order valence-electron chi connectivity index (χ0n) is 8.94. The molecule has 2 aromatic carbocycles. The molecule has 0 heterocycles. The van der Waals surface area contributed by atoms with Gasteiger partial charge in [-0.25, -0.2) is 0 Å². The Morgan fingerprint density at radius 2 is 1.50 bits per heavy atom. The molecule has 82 valence electrons. The lowest BCUT2D eigenvalue weighted by atomic mass is 10.2. The molecular formula is C13H13NO2. The van der Waals surface area contributed by atoms with Crippen molar-refractivity contribution >= 4 is 11.4 Å². The van der Waals surface area contributed by atoms with E-state index in [4.69, 9.17) is 0 Å². The van der Waals surface area contributed by atoms with Gasteiger partial charge in [-0.1, -0.05) is 24.3 Å². The first-order chi connectivity index (χ1) is 7.68. The van der Waals surface area contributed by atoms with Crippen LogP contribution in [0.15, 0.2) is 42.5 Å². The van der Waals surface area contributed by atoms with Gasteiger partial charge in [0.15, 0.2) is 0 Å². The number of phenols is 2. The smallest absolute Gasteiger partial charge is 0.142 e. The van der Waals surface area contributed by atoms with E-state index in [0.29, 0.717) is 5.69 Å². The van der Waals surface area contributed by atoms with E-state index in [1.165, 1.54) is 12.1 Å². The summed E-state index contributed by atoms with van der Waals surface area (Å²) in [5, 5.41) is 22.3. The minimum Gasteiger partial charge on any atom is -0.506 e. The lowest BCUT2D eigenvalue weighted by Crippen LogP contribution is -1.93. The van der Waals surface area contributed by atoms with Gasteiger partial charge in [0.1, 0.15) is 17.2 Å². The van der Waals surface area contributed by atoms with Crippen molar-refractivity contribution in [2.75, 3.05) is 5.32 Å². The van der Waals surface area contributed by atoms with Crippen molar-refractivity contribution in [3.05, 3.63) is 48.0 Å². The van der Waals surface area contributed by atoms with E-state index in [2.05, 4.69) is 5.32 Å². The summed E-state index contributed by atoms with van der Waals surface area (Å²) in [7, 11) is 0. The number of hydrogen-bond donors (Lipinski definition) is 3. The molecule has 3 N–H and O–H groups in total. The van der Waals surface area contributed by atoms with E-state index in [1.54, 1.807) is 6.07 Å². The van der Waals surface area contributed by atoms with Crippen LogP contribution in [-0.2, 0) is 0 Å². The summed E-state index contributed by atoms with van der Waals surface area (Å²) in [6, 6.07) is 12.3. The minimum atomic E-state index is 0.0308. The SMILES string of the molecule is Cc1ccccc1Nc1c(O)cccc1O. The molecule has 2 rings (SSSR count). The Bertz CT molecular complexity index is 489. The largest absolute Gasteiger partial charge is 0.506 e. The van der Waals surface area contributed by atoms with Crippen LogP contribution >= 0.6 is 0 Å². The van der Waals surface area contributed by atoms with E-state index >= 15 is 0 Å². The standard InChI is InChI=1S/C13H13NO2/c1-9-5-2-3-6-10(9)14-13-11(15)7-4-8-12(13)16/h2-8,14-16H,1H3. The molecule has 2 aromatic rings. The number of rotatable bonds is 2. The van der Waals surface area contributed by atoms with Crippen LogP contribution in [0, 0.1) is 6.92 Å². The highest BCUT2D eigenvalue weighted by atomic mass is 16.3. The molecule has 0 aliphatic rings. The van der Waals surface area contributed by atoms with Gasteiger partial charge in [-0.15, -0.1) is 0 Å². The summed E-state index contributed by atoms with van der Waals surface area (Å²) in [6.07, 6.45) is 0. The number of nitrogens with one attached hydrogen (secondary N) is 1. The maximum Gasteiger partial charge on any atom is 0.142 e. The van der Waals surface area contributed by atoms with Crippen molar-refractivity contribution in [1.29, 1.82) is 0 Å². The first-order valence-electron chi connectivity index (χ1n) is 5.02. The summed E-state index contributed by atoms with van der Waals surface area (Å²) < 4.78 is 0. The molecular weight excluding hydrogens is 202 g/mol. The van der Waals surface area contributed by atoms with Crippen LogP contribution in [0.3, 0.4) is 0 Å². The van der Waals surface area contributed by atoms with Gasteiger partial charge in [-0.05, 0) is 30.7 Å². The van der Waals surface area contributed by atoms with Crippen LogP contribution in [0.4, 0.5) is 11.4 Å². The Balaban J connectivity index is 2.38. The molecule has 0 unspecified atom stereocenters. The van der Waals surface area contributed by atoms with Crippen molar-refractivity contribution in [2.24, 2.45) is 0 Å². The molecule has 0 saturated carbocycles. The lowest BCUT2D eigenvalue weighted by Gasteiger charge is -2.11. The van der Waals surface area contributed by atoms with Crippen LogP contribution in [0.1, 0.15) is 5.56 Å². The van der Waals surface area contributed by atoms with Gasteiger partial charge in [-0.3, -0.25) is 0 Å². The predicted octanol–water partition coefficient (Wildman–Crippen LogP) is 3.15. The minimum absolute atomic E-state index is 0.0308. The molecule has 0 aromatic heterocycles. The first-order valence-corrected chi connectivity index (χ1v) is 5.02. The van der Waals surface area contributed by atoms with Crippen LogP contribution in [0.25, 0.3) is 0 Å². The zero-order valence-corrected chi connectivity index (χ0v) is 8.94. The van der Waals surface area contributed by atoms with Gasteiger partial charge in [0.2, 0.25) is 0 Å². The number of para-hydroxylation sites is 2. The number of anilines is 2. The average molecular weight is 215 g/mol. The number of hydrogen-bond acceptors (Lipinski definition) is 3. The fraction of sp³-hybridized carbons (Fsp3) is 0.0769. The van der Waals surface area contributed by atoms with Gasteiger partial charge in [0, 0.05) is 5.69 Å². The Kier molecular flexibility index (Phi) is 2.68. The molecule has 0 atom stereocenters. The van der Waals surface area contributed by atoms with Gasteiger partial charge in [0.25, 0.3) is 0 Å². The number of benzene rings is 2. The Morgan fingerprint density at radius 3 is 2.12 bits per heavy atom.